The number of fused-ring (bicyclic) bond motifs is 1. The highest BCUT2D eigenvalue weighted by Gasteiger charge is 2.21. The fourth-order valence-corrected chi connectivity index (χ4v) is 5.34. The van der Waals surface area contributed by atoms with Crippen LogP contribution in [-0.2, 0) is 17.6 Å². The summed E-state index contributed by atoms with van der Waals surface area (Å²) in [5.41, 5.74) is 4.57. The number of aryl methyl sites for hydroxylation is 2. The molecule has 4 aromatic rings. The maximum atomic E-state index is 13.6. The van der Waals surface area contributed by atoms with Crippen LogP contribution in [0.2, 0.25) is 0 Å². The third-order valence-corrected chi connectivity index (χ3v) is 7.63. The Kier molecular flexibility index (Phi) is 8.54. The Morgan fingerprint density at radius 2 is 1.78 bits per heavy atom. The molecule has 0 spiro atoms. The van der Waals surface area contributed by atoms with E-state index in [9.17, 15) is 9.59 Å². The molecule has 36 heavy (non-hydrogen) atoms. The summed E-state index contributed by atoms with van der Waals surface area (Å²) in [6, 6.07) is 17.7. The molecule has 4 rings (SSSR count). The molecule has 0 aliphatic rings. The van der Waals surface area contributed by atoms with Gasteiger partial charge in [0.2, 0.25) is 0 Å². The lowest BCUT2D eigenvalue weighted by Gasteiger charge is -2.12. The van der Waals surface area contributed by atoms with Gasteiger partial charge in [-0.2, -0.15) is 0 Å². The highest BCUT2D eigenvalue weighted by atomic mass is 79.9. The first-order valence-corrected chi connectivity index (χ1v) is 13.8. The van der Waals surface area contributed by atoms with Crippen LogP contribution in [-0.4, -0.2) is 23.5 Å². The molecule has 186 valence electrons. The molecule has 2 heterocycles. The normalized spacial score (nSPS) is 11.0. The van der Waals surface area contributed by atoms with E-state index in [4.69, 9.17) is 9.72 Å². The van der Waals surface area contributed by atoms with Crippen LogP contribution in [0.4, 0.5) is 5.00 Å². The van der Waals surface area contributed by atoms with Crippen LogP contribution >= 0.6 is 27.3 Å². The highest BCUT2D eigenvalue weighted by molar-refractivity contribution is 9.10. The first-order chi connectivity index (χ1) is 17.4. The number of aromatic nitrogens is 1. The van der Waals surface area contributed by atoms with Crippen molar-refractivity contribution in [3.63, 3.8) is 0 Å². The van der Waals surface area contributed by atoms with Gasteiger partial charge in [-0.05, 0) is 62.1 Å². The maximum Gasteiger partial charge on any atom is 0.341 e. The summed E-state index contributed by atoms with van der Waals surface area (Å²) in [7, 11) is 0. The molecule has 2 aromatic heterocycles. The molecule has 0 saturated heterocycles. The van der Waals surface area contributed by atoms with Gasteiger partial charge in [0.1, 0.15) is 5.00 Å². The molecule has 7 heteroatoms. The molecule has 0 atom stereocenters. The molecule has 0 aliphatic heterocycles. The molecular formula is C29H29BrN2O3S. The van der Waals surface area contributed by atoms with Crippen LogP contribution in [0.3, 0.4) is 0 Å². The Morgan fingerprint density at radius 3 is 2.47 bits per heavy atom. The number of carbonyl (C=O) groups is 2. The Balaban J connectivity index is 1.74. The zero-order valence-corrected chi connectivity index (χ0v) is 23.1. The predicted octanol–water partition coefficient (Wildman–Crippen LogP) is 8.06. The summed E-state index contributed by atoms with van der Waals surface area (Å²) >= 11 is 4.91. The van der Waals surface area contributed by atoms with Crippen molar-refractivity contribution in [2.24, 2.45) is 0 Å². The van der Waals surface area contributed by atoms with Crippen LogP contribution in [0.25, 0.3) is 22.2 Å². The van der Waals surface area contributed by atoms with Gasteiger partial charge < -0.3 is 10.1 Å². The fraction of sp³-hybridized carbons (Fsp3) is 0.276. The number of nitrogens with zero attached hydrogens (tertiary/aromatic N) is 1. The number of nitrogens with one attached hydrogen (secondary N) is 1. The molecule has 0 radical (unpaired) electrons. The molecule has 0 aliphatic carbocycles. The van der Waals surface area contributed by atoms with Gasteiger partial charge in [0, 0.05) is 20.3 Å². The number of amides is 1. The zero-order chi connectivity index (χ0) is 25.7. The number of halogens is 1. The van der Waals surface area contributed by atoms with Gasteiger partial charge in [0.25, 0.3) is 5.91 Å². The molecular weight excluding hydrogens is 536 g/mol. The summed E-state index contributed by atoms with van der Waals surface area (Å²) in [5.74, 6) is -0.730. The summed E-state index contributed by atoms with van der Waals surface area (Å²) in [5, 5.41) is 4.21. The third-order valence-electron chi connectivity index (χ3n) is 5.94. The predicted molar refractivity (Wildman–Crippen MR) is 151 cm³/mol. The number of hydrogen-bond donors (Lipinski definition) is 1. The van der Waals surface area contributed by atoms with E-state index in [0.717, 1.165) is 57.2 Å². The molecule has 1 amide bonds. The van der Waals surface area contributed by atoms with Crippen LogP contribution in [0, 0.1) is 0 Å². The number of carbonyl (C=O) groups excluding carboxylic acids is 2. The van der Waals surface area contributed by atoms with Crippen molar-refractivity contribution in [2.45, 2.75) is 46.5 Å². The summed E-state index contributed by atoms with van der Waals surface area (Å²) in [4.78, 5) is 32.0. The van der Waals surface area contributed by atoms with Gasteiger partial charge in [-0.1, -0.05) is 60.5 Å². The van der Waals surface area contributed by atoms with Gasteiger partial charge in [0.15, 0.2) is 0 Å². The first kappa shape index (κ1) is 26.0. The summed E-state index contributed by atoms with van der Waals surface area (Å²) in [6.45, 7) is 6.24. The van der Waals surface area contributed by atoms with E-state index in [-0.39, 0.29) is 12.5 Å². The van der Waals surface area contributed by atoms with E-state index in [1.165, 1.54) is 16.9 Å². The number of rotatable bonds is 9. The third kappa shape index (κ3) is 5.85. The van der Waals surface area contributed by atoms with E-state index in [2.05, 4.69) is 52.4 Å². The number of esters is 1. The average Bonchev–Trinajstić information content (AvgIpc) is 3.30. The average molecular weight is 566 g/mol. The number of anilines is 1. The number of unbranched alkanes of at least 4 members (excludes halogenated alkanes) is 1. The van der Waals surface area contributed by atoms with Crippen molar-refractivity contribution >= 4 is 55.0 Å². The minimum atomic E-state index is -0.435. The SMILES string of the molecule is CCCCc1ccc(-c2cc(C(=O)Nc3sc(CC)cc3C(=O)OCC)c3cc(Br)ccc3n2)cc1. The largest absolute Gasteiger partial charge is 0.462 e. The summed E-state index contributed by atoms with van der Waals surface area (Å²) in [6.07, 6.45) is 4.12. The maximum absolute atomic E-state index is 13.6. The second-order valence-electron chi connectivity index (χ2n) is 8.50. The Labute approximate surface area is 224 Å². The van der Waals surface area contributed by atoms with Gasteiger partial charge in [-0.15, -0.1) is 11.3 Å². The van der Waals surface area contributed by atoms with Crippen molar-refractivity contribution in [2.75, 3.05) is 11.9 Å². The van der Waals surface area contributed by atoms with Gasteiger partial charge in [0.05, 0.1) is 28.9 Å². The molecule has 2 aromatic carbocycles. The minimum absolute atomic E-state index is 0.271. The Bertz CT molecular complexity index is 1400. The number of thiophene rings is 1. The molecule has 0 fully saturated rings. The van der Waals surface area contributed by atoms with Crippen LogP contribution in [0.15, 0.2) is 59.1 Å². The Morgan fingerprint density at radius 1 is 1.00 bits per heavy atom. The lowest BCUT2D eigenvalue weighted by atomic mass is 10.0. The second-order valence-corrected chi connectivity index (χ2v) is 10.6. The second kappa shape index (κ2) is 11.8. The minimum Gasteiger partial charge on any atom is -0.462 e. The van der Waals surface area contributed by atoms with Crippen molar-refractivity contribution in [3.05, 3.63) is 80.6 Å². The van der Waals surface area contributed by atoms with E-state index < -0.39 is 5.97 Å². The monoisotopic (exact) mass is 564 g/mol. The molecule has 0 bridgehead atoms. The quantitative estimate of drug-likeness (QED) is 0.209. The van der Waals surface area contributed by atoms with Gasteiger partial charge >= 0.3 is 5.97 Å². The number of ether oxygens (including phenoxy) is 1. The van der Waals surface area contributed by atoms with Crippen molar-refractivity contribution < 1.29 is 14.3 Å². The van der Waals surface area contributed by atoms with Crippen LogP contribution in [0.5, 0.6) is 0 Å². The topological polar surface area (TPSA) is 68.3 Å². The molecule has 0 saturated carbocycles. The highest BCUT2D eigenvalue weighted by Crippen LogP contribution is 2.32. The van der Waals surface area contributed by atoms with E-state index in [0.29, 0.717) is 16.1 Å². The Hall–Kier alpha value is -3.03. The fourth-order valence-electron chi connectivity index (χ4n) is 4.00. The lowest BCUT2D eigenvalue weighted by molar-refractivity contribution is 0.0528. The van der Waals surface area contributed by atoms with Crippen LogP contribution < -0.4 is 5.32 Å². The van der Waals surface area contributed by atoms with Crippen molar-refractivity contribution in [3.8, 4) is 11.3 Å². The summed E-state index contributed by atoms with van der Waals surface area (Å²) < 4.78 is 6.07. The molecule has 5 nitrogen and oxygen atoms in total. The first-order valence-electron chi connectivity index (χ1n) is 12.2. The molecule has 1 N–H and O–H groups in total. The van der Waals surface area contributed by atoms with Crippen molar-refractivity contribution in [1.82, 2.24) is 4.98 Å². The lowest BCUT2D eigenvalue weighted by Crippen LogP contribution is -2.15. The standard InChI is InChI=1S/C29H29BrN2O3S/c1-4-7-8-18-9-11-19(12-10-18)26-17-23(22-15-20(30)13-14-25(22)31-26)27(33)32-28-24(29(34)35-6-3)16-21(5-2)36-28/h9-17H,4-8H2,1-3H3,(H,32,33). The van der Waals surface area contributed by atoms with Crippen molar-refractivity contribution in [1.29, 1.82) is 0 Å². The van der Waals surface area contributed by atoms with Crippen LogP contribution in [0.1, 0.15) is 64.8 Å². The number of hydrogen-bond acceptors (Lipinski definition) is 5. The number of benzene rings is 2. The van der Waals surface area contributed by atoms with Gasteiger partial charge in [-0.3, -0.25) is 4.79 Å². The van der Waals surface area contributed by atoms with E-state index in [1.807, 2.05) is 31.2 Å². The number of pyridine rings is 1. The van der Waals surface area contributed by atoms with E-state index in [1.54, 1.807) is 13.0 Å². The van der Waals surface area contributed by atoms with Gasteiger partial charge in [-0.25, -0.2) is 9.78 Å². The molecule has 0 unspecified atom stereocenters. The smallest absolute Gasteiger partial charge is 0.341 e. The zero-order valence-electron chi connectivity index (χ0n) is 20.7. The van der Waals surface area contributed by atoms with E-state index >= 15 is 0 Å².